The van der Waals surface area contributed by atoms with E-state index in [1.54, 1.807) is 0 Å². The van der Waals surface area contributed by atoms with Crippen molar-refractivity contribution < 1.29 is 0 Å². The van der Waals surface area contributed by atoms with E-state index in [1.807, 2.05) is 0 Å². The van der Waals surface area contributed by atoms with Crippen LogP contribution in [0.5, 0.6) is 0 Å². The Hall–Kier alpha value is -5.86. The fourth-order valence-corrected chi connectivity index (χ4v) is 7.30. The Balaban J connectivity index is 1.09. The quantitative estimate of drug-likeness (QED) is 0.194. The molecule has 0 unspecified atom stereocenters. The highest BCUT2D eigenvalue weighted by atomic mass is 15.1. The summed E-state index contributed by atoms with van der Waals surface area (Å²) in [5, 5.41) is 5.03. The Morgan fingerprint density at radius 2 is 0.750 bits per heavy atom. The second-order valence-electron chi connectivity index (χ2n) is 13.1. The fourth-order valence-electron chi connectivity index (χ4n) is 7.30. The monoisotopic (exact) mass is 618 g/mol. The minimum Gasteiger partial charge on any atom is -0.323 e. The summed E-state index contributed by atoms with van der Waals surface area (Å²) in [7, 11) is 0. The number of hydrogen-bond acceptors (Lipinski definition) is 2. The molecular formula is C46H38N2. The summed E-state index contributed by atoms with van der Waals surface area (Å²) < 4.78 is 0. The molecule has 0 spiro atoms. The van der Waals surface area contributed by atoms with Crippen LogP contribution in [0.2, 0.25) is 0 Å². The molecule has 8 rings (SSSR count). The van der Waals surface area contributed by atoms with Gasteiger partial charge in [0.2, 0.25) is 0 Å². The molecule has 2 nitrogen and oxygen atoms in total. The number of fused-ring (bicyclic) bond motifs is 2. The molecule has 0 fully saturated rings. The third-order valence-corrected chi connectivity index (χ3v) is 9.52. The fraction of sp³-hybridized carbons (Fsp3) is 0.0870. The van der Waals surface area contributed by atoms with Crippen molar-refractivity contribution in [2.45, 2.75) is 27.7 Å². The molecule has 48 heavy (non-hydrogen) atoms. The first-order chi connectivity index (χ1) is 23.4. The molecule has 0 aromatic heterocycles. The average molecular weight is 619 g/mol. The molecule has 0 amide bonds. The lowest BCUT2D eigenvalue weighted by Crippen LogP contribution is -2.14. The number of aryl methyl sites for hydroxylation is 4. The number of allylic oxidation sites excluding steroid dienone is 6. The van der Waals surface area contributed by atoms with Crippen molar-refractivity contribution in [2.24, 2.45) is 0 Å². The van der Waals surface area contributed by atoms with Crippen LogP contribution in [0.25, 0.3) is 43.8 Å². The van der Waals surface area contributed by atoms with Gasteiger partial charge in [0, 0.05) is 35.9 Å². The van der Waals surface area contributed by atoms with Gasteiger partial charge in [0.05, 0.1) is 11.4 Å². The minimum atomic E-state index is 1.19. The molecule has 0 aliphatic carbocycles. The van der Waals surface area contributed by atoms with Crippen LogP contribution in [-0.4, -0.2) is 0 Å². The molecule has 0 atom stereocenters. The van der Waals surface area contributed by atoms with Crippen LogP contribution in [0.1, 0.15) is 22.3 Å². The highest BCUT2D eigenvalue weighted by Crippen LogP contribution is 2.40. The molecule has 2 heterocycles. The van der Waals surface area contributed by atoms with Crippen molar-refractivity contribution in [3.8, 4) is 22.3 Å². The van der Waals surface area contributed by atoms with Gasteiger partial charge in [-0.2, -0.15) is 0 Å². The maximum atomic E-state index is 2.31. The van der Waals surface area contributed by atoms with Gasteiger partial charge in [-0.25, -0.2) is 0 Å². The molecule has 232 valence electrons. The largest absolute Gasteiger partial charge is 0.323 e. The Bertz CT molecular complexity index is 2200. The minimum absolute atomic E-state index is 1.19. The lowest BCUT2D eigenvalue weighted by atomic mass is 9.94. The summed E-state index contributed by atoms with van der Waals surface area (Å²) >= 11 is 0. The van der Waals surface area contributed by atoms with Gasteiger partial charge in [-0.1, -0.05) is 96.1 Å². The number of nitrogens with zero attached hydrogens (tertiary/aromatic N) is 2. The highest BCUT2D eigenvalue weighted by Gasteiger charge is 2.18. The van der Waals surface area contributed by atoms with Crippen LogP contribution < -0.4 is 9.80 Å². The van der Waals surface area contributed by atoms with Crippen molar-refractivity contribution >= 4 is 32.9 Å². The van der Waals surface area contributed by atoms with Gasteiger partial charge in [0.25, 0.3) is 0 Å². The molecule has 0 saturated carbocycles. The normalized spacial score (nSPS) is 14.2. The van der Waals surface area contributed by atoms with E-state index in [2.05, 4.69) is 196 Å². The van der Waals surface area contributed by atoms with Gasteiger partial charge >= 0.3 is 0 Å². The van der Waals surface area contributed by atoms with Crippen molar-refractivity contribution in [3.63, 3.8) is 0 Å². The Kier molecular flexibility index (Phi) is 7.42. The van der Waals surface area contributed by atoms with E-state index >= 15 is 0 Å². The number of benzene rings is 6. The van der Waals surface area contributed by atoms with Crippen LogP contribution in [0.3, 0.4) is 0 Å². The summed E-state index contributed by atoms with van der Waals surface area (Å²) in [5.41, 5.74) is 14.8. The zero-order chi connectivity index (χ0) is 32.8. The van der Waals surface area contributed by atoms with Crippen LogP contribution >= 0.6 is 0 Å². The van der Waals surface area contributed by atoms with Gasteiger partial charge in [0.15, 0.2) is 0 Å². The highest BCUT2D eigenvalue weighted by molar-refractivity contribution is 5.93. The van der Waals surface area contributed by atoms with Crippen molar-refractivity contribution in [1.29, 1.82) is 0 Å². The maximum Gasteiger partial charge on any atom is 0.0557 e. The van der Waals surface area contributed by atoms with Crippen molar-refractivity contribution in [2.75, 3.05) is 9.80 Å². The summed E-state index contributed by atoms with van der Waals surface area (Å²) in [4.78, 5) is 4.52. The molecule has 2 heteroatoms. The predicted octanol–water partition coefficient (Wildman–Crippen LogP) is 12.3. The lowest BCUT2D eigenvalue weighted by Gasteiger charge is -2.27. The molecule has 0 bridgehead atoms. The zero-order valence-corrected chi connectivity index (χ0v) is 27.9. The number of hydrogen-bond donors (Lipinski definition) is 0. The van der Waals surface area contributed by atoms with Crippen LogP contribution in [0.15, 0.2) is 169 Å². The van der Waals surface area contributed by atoms with Gasteiger partial charge in [-0.15, -0.1) is 0 Å². The maximum absolute atomic E-state index is 2.31. The second-order valence-corrected chi connectivity index (χ2v) is 13.1. The molecular weight excluding hydrogens is 581 g/mol. The van der Waals surface area contributed by atoms with Gasteiger partial charge in [0.1, 0.15) is 0 Å². The molecule has 2 aliphatic heterocycles. The first kappa shape index (κ1) is 29.5. The molecule has 6 aromatic rings. The van der Waals surface area contributed by atoms with E-state index < -0.39 is 0 Å². The standard InChI is InChI=1S/C46H38N2/c1-31-25-33(3)45(43(27-31)41-15-13-35-9-5-7-11-39(35)29-41)47-21-17-37(18-22-47)38-19-23-48(24-20-38)46-34(4)26-32(2)28-44(46)42-16-14-36-10-6-8-12-40(36)30-42/h5-30H,1-4H3. The van der Waals surface area contributed by atoms with E-state index in [-0.39, 0.29) is 0 Å². The van der Waals surface area contributed by atoms with Crippen molar-refractivity contribution in [1.82, 2.24) is 0 Å². The number of rotatable bonds is 4. The molecule has 0 radical (unpaired) electrons. The van der Waals surface area contributed by atoms with E-state index in [0.717, 1.165) is 0 Å². The van der Waals surface area contributed by atoms with E-state index in [1.165, 1.54) is 88.6 Å². The van der Waals surface area contributed by atoms with E-state index in [9.17, 15) is 0 Å². The molecule has 0 saturated heterocycles. The van der Waals surface area contributed by atoms with Crippen molar-refractivity contribution in [3.05, 3.63) is 192 Å². The zero-order valence-electron chi connectivity index (χ0n) is 27.9. The number of anilines is 2. The summed E-state index contributed by atoms with van der Waals surface area (Å²) in [6, 6.07) is 39.9. The first-order valence-corrected chi connectivity index (χ1v) is 16.7. The lowest BCUT2D eigenvalue weighted by molar-refractivity contribution is 1.19. The van der Waals surface area contributed by atoms with Crippen LogP contribution in [0, 0.1) is 27.7 Å². The van der Waals surface area contributed by atoms with E-state index in [0.29, 0.717) is 0 Å². The van der Waals surface area contributed by atoms with Gasteiger partial charge in [-0.05, 0) is 131 Å². The smallest absolute Gasteiger partial charge is 0.0557 e. The Labute approximate surface area is 283 Å². The average Bonchev–Trinajstić information content (AvgIpc) is 3.11. The predicted molar refractivity (Wildman–Crippen MR) is 206 cm³/mol. The summed E-state index contributed by atoms with van der Waals surface area (Å²) in [6.07, 6.45) is 17.7. The Morgan fingerprint density at radius 1 is 0.375 bits per heavy atom. The van der Waals surface area contributed by atoms with Gasteiger partial charge in [-0.3, -0.25) is 0 Å². The first-order valence-electron chi connectivity index (χ1n) is 16.7. The molecule has 6 aromatic carbocycles. The van der Waals surface area contributed by atoms with Crippen LogP contribution in [0.4, 0.5) is 11.4 Å². The third-order valence-electron chi connectivity index (χ3n) is 9.52. The third kappa shape index (κ3) is 5.46. The topological polar surface area (TPSA) is 6.48 Å². The van der Waals surface area contributed by atoms with E-state index in [4.69, 9.17) is 0 Å². The molecule has 2 aliphatic rings. The SMILES string of the molecule is Cc1cc(C)c(N2C=CC(=C3C=CN(c4c(C)cc(C)cc4-c4ccc5ccccc5c4)C=C3)C=C2)c(-c2ccc3ccccc3c2)c1. The second kappa shape index (κ2) is 12.1. The summed E-state index contributed by atoms with van der Waals surface area (Å²) in [6.45, 7) is 8.78. The molecule has 0 N–H and O–H groups in total. The summed E-state index contributed by atoms with van der Waals surface area (Å²) in [5.74, 6) is 0. The van der Waals surface area contributed by atoms with Crippen LogP contribution in [-0.2, 0) is 0 Å². The Morgan fingerprint density at radius 3 is 1.15 bits per heavy atom. The van der Waals surface area contributed by atoms with Gasteiger partial charge < -0.3 is 9.80 Å².